The van der Waals surface area contributed by atoms with Gasteiger partial charge in [0, 0.05) is 39.8 Å². The number of halogens is 1. The van der Waals surface area contributed by atoms with Gasteiger partial charge in [-0.1, -0.05) is 12.1 Å². The van der Waals surface area contributed by atoms with Gasteiger partial charge in [0.25, 0.3) is 5.56 Å². The Morgan fingerprint density at radius 2 is 1.91 bits per heavy atom. The lowest BCUT2D eigenvalue weighted by Crippen LogP contribution is -2.51. The summed E-state index contributed by atoms with van der Waals surface area (Å²) in [6.45, 7) is 5.32. The van der Waals surface area contributed by atoms with Gasteiger partial charge in [-0.15, -0.1) is 0 Å². The largest absolute Gasteiger partial charge is 0.397 e. The van der Waals surface area contributed by atoms with E-state index < -0.39 is 11.4 Å². The van der Waals surface area contributed by atoms with Crippen LogP contribution >= 0.6 is 0 Å². The molecule has 0 atom stereocenters. The van der Waals surface area contributed by atoms with Gasteiger partial charge in [0.1, 0.15) is 17.2 Å². The number of rotatable bonds is 6. The highest BCUT2D eigenvalue weighted by atomic mass is 19.1. The predicted molar refractivity (Wildman–Crippen MR) is 134 cm³/mol. The van der Waals surface area contributed by atoms with Gasteiger partial charge in [0.2, 0.25) is 0 Å². The smallest absolute Gasteiger partial charge is 0.261 e. The molecule has 0 aliphatic carbocycles. The maximum atomic E-state index is 14.4. The number of benzene rings is 2. The van der Waals surface area contributed by atoms with E-state index in [-0.39, 0.29) is 16.6 Å². The minimum absolute atomic E-state index is 0.0862. The summed E-state index contributed by atoms with van der Waals surface area (Å²) in [6, 6.07) is 10.6. The van der Waals surface area contributed by atoms with Gasteiger partial charge in [-0.3, -0.25) is 4.79 Å². The first-order chi connectivity index (χ1) is 16.4. The van der Waals surface area contributed by atoms with Gasteiger partial charge in [-0.25, -0.2) is 19.4 Å². The first kappa shape index (κ1) is 22.5. The van der Waals surface area contributed by atoms with Crippen LogP contribution in [-0.4, -0.2) is 76.7 Å². The second-order valence-electron chi connectivity index (χ2n) is 9.08. The average molecular weight is 464 g/mol. The van der Waals surface area contributed by atoms with Crippen molar-refractivity contribution in [3.8, 4) is 11.4 Å². The van der Waals surface area contributed by atoms with Crippen molar-refractivity contribution in [3.05, 3.63) is 58.1 Å². The molecular formula is C25H30FN7O. The molecule has 0 radical (unpaired) electrons. The number of fused-ring (bicyclic) bond motifs is 2. The number of likely N-dealkylation sites (N-methyl/N-ethyl adjacent to an activating group) is 1. The van der Waals surface area contributed by atoms with Crippen molar-refractivity contribution in [2.24, 2.45) is 0 Å². The molecule has 3 heterocycles. The fourth-order valence-corrected chi connectivity index (χ4v) is 4.69. The Kier molecular flexibility index (Phi) is 6.07. The molecule has 1 fully saturated rings. The number of nitrogens with two attached hydrogens (primary N) is 1. The molecule has 1 aliphatic heterocycles. The third kappa shape index (κ3) is 4.29. The van der Waals surface area contributed by atoms with Crippen molar-refractivity contribution in [1.82, 2.24) is 29.9 Å². The molecule has 0 saturated carbocycles. The maximum absolute atomic E-state index is 14.4. The molecule has 34 heavy (non-hydrogen) atoms. The first-order valence-electron chi connectivity index (χ1n) is 11.6. The number of piperazine rings is 1. The molecule has 2 aromatic heterocycles. The summed E-state index contributed by atoms with van der Waals surface area (Å²) < 4.78 is 14.4. The molecule has 2 aromatic carbocycles. The number of nitrogen functional groups attached to an aromatic ring is 1. The van der Waals surface area contributed by atoms with Crippen LogP contribution in [0.3, 0.4) is 0 Å². The standard InChI is InChI=1S/C25H30FN7O/c1-31-11-13-33(14-12-31)32(2)10-4-5-16-8-9-18-20(15-16)29-24(28-18)22-23(27)21-17(26)6-3-7-19(21)30-25(22)34/h3,6-9,15H,4-5,10-14H2,1-2H3,(H,28,29)(H3,27,30,34). The SMILES string of the molecule is CN1CCN(N(C)CCCc2ccc3nc(-c4c(N)c5c(F)cccc5[nH]c4=O)[nH]c3c2)CC1. The van der Waals surface area contributed by atoms with E-state index in [1.807, 2.05) is 6.07 Å². The molecule has 1 saturated heterocycles. The second kappa shape index (κ2) is 9.17. The Morgan fingerprint density at radius 1 is 1.12 bits per heavy atom. The zero-order valence-corrected chi connectivity index (χ0v) is 19.6. The molecule has 1 aliphatic rings. The van der Waals surface area contributed by atoms with E-state index in [0.29, 0.717) is 11.3 Å². The zero-order chi connectivity index (χ0) is 23.8. The van der Waals surface area contributed by atoms with Gasteiger partial charge in [-0.2, -0.15) is 0 Å². The van der Waals surface area contributed by atoms with E-state index in [4.69, 9.17) is 5.73 Å². The number of hydrogen-bond donors (Lipinski definition) is 3. The van der Waals surface area contributed by atoms with E-state index >= 15 is 0 Å². The normalized spacial score (nSPS) is 15.6. The third-order valence-corrected chi connectivity index (χ3v) is 6.72. The fraction of sp³-hybridized carbons (Fsp3) is 0.360. The van der Waals surface area contributed by atoms with Crippen molar-refractivity contribution in [2.75, 3.05) is 52.6 Å². The van der Waals surface area contributed by atoms with E-state index in [2.05, 4.69) is 56.1 Å². The number of anilines is 1. The minimum atomic E-state index is -0.479. The molecule has 0 spiro atoms. The zero-order valence-electron chi connectivity index (χ0n) is 19.6. The highest BCUT2D eigenvalue weighted by Crippen LogP contribution is 2.30. The Balaban J connectivity index is 1.34. The van der Waals surface area contributed by atoms with Crippen LogP contribution in [0.25, 0.3) is 33.3 Å². The molecule has 4 aromatic rings. The van der Waals surface area contributed by atoms with Crippen molar-refractivity contribution in [3.63, 3.8) is 0 Å². The van der Waals surface area contributed by atoms with Crippen molar-refractivity contribution in [1.29, 1.82) is 0 Å². The van der Waals surface area contributed by atoms with E-state index in [1.165, 1.54) is 11.6 Å². The number of hydrazine groups is 1. The van der Waals surface area contributed by atoms with Gasteiger partial charge in [0.05, 0.1) is 27.6 Å². The number of nitrogens with one attached hydrogen (secondary N) is 2. The van der Waals surface area contributed by atoms with Crippen LogP contribution in [-0.2, 0) is 6.42 Å². The summed E-state index contributed by atoms with van der Waals surface area (Å²) in [4.78, 5) is 25.6. The summed E-state index contributed by atoms with van der Waals surface area (Å²) in [7, 11) is 4.32. The molecule has 8 nitrogen and oxygen atoms in total. The number of aromatic nitrogens is 3. The molecule has 5 rings (SSSR count). The number of pyridine rings is 1. The van der Waals surface area contributed by atoms with E-state index in [0.717, 1.165) is 56.6 Å². The van der Waals surface area contributed by atoms with Crippen molar-refractivity contribution < 1.29 is 4.39 Å². The molecule has 0 bridgehead atoms. The predicted octanol–water partition coefficient (Wildman–Crippen LogP) is 2.82. The van der Waals surface area contributed by atoms with Gasteiger partial charge in [-0.05, 0) is 49.7 Å². The van der Waals surface area contributed by atoms with Crippen LogP contribution in [0.5, 0.6) is 0 Å². The second-order valence-corrected chi connectivity index (χ2v) is 9.08. The first-order valence-corrected chi connectivity index (χ1v) is 11.6. The summed E-state index contributed by atoms with van der Waals surface area (Å²) in [6.07, 6.45) is 1.97. The highest BCUT2D eigenvalue weighted by Gasteiger charge is 2.19. The summed E-state index contributed by atoms with van der Waals surface area (Å²) >= 11 is 0. The number of H-pyrrole nitrogens is 2. The van der Waals surface area contributed by atoms with Crippen LogP contribution in [0.15, 0.2) is 41.2 Å². The average Bonchev–Trinajstić information content (AvgIpc) is 3.22. The van der Waals surface area contributed by atoms with Crippen molar-refractivity contribution >= 4 is 27.6 Å². The Hall–Kier alpha value is -3.27. The van der Waals surface area contributed by atoms with E-state index in [1.54, 1.807) is 12.1 Å². The Morgan fingerprint density at radius 3 is 2.71 bits per heavy atom. The monoisotopic (exact) mass is 463 g/mol. The van der Waals surface area contributed by atoms with Crippen LogP contribution < -0.4 is 11.3 Å². The van der Waals surface area contributed by atoms with Crippen LogP contribution in [0.4, 0.5) is 10.1 Å². The molecular weight excluding hydrogens is 433 g/mol. The third-order valence-electron chi connectivity index (χ3n) is 6.72. The number of aromatic amines is 2. The maximum Gasteiger partial charge on any atom is 0.261 e. The molecule has 178 valence electrons. The van der Waals surface area contributed by atoms with Gasteiger partial charge < -0.3 is 20.6 Å². The molecule has 0 unspecified atom stereocenters. The fourth-order valence-electron chi connectivity index (χ4n) is 4.69. The molecule has 4 N–H and O–H groups in total. The van der Waals surface area contributed by atoms with Crippen LogP contribution in [0, 0.1) is 5.82 Å². The molecule has 9 heteroatoms. The number of aryl methyl sites for hydroxylation is 1. The lowest BCUT2D eigenvalue weighted by molar-refractivity contribution is -0.0336. The summed E-state index contributed by atoms with van der Waals surface area (Å²) in [5, 5.41) is 4.94. The van der Waals surface area contributed by atoms with Gasteiger partial charge >= 0.3 is 0 Å². The van der Waals surface area contributed by atoms with E-state index in [9.17, 15) is 9.18 Å². The topological polar surface area (TPSA) is 97.3 Å². The lowest BCUT2D eigenvalue weighted by atomic mass is 10.1. The number of hydrogen-bond acceptors (Lipinski definition) is 6. The van der Waals surface area contributed by atoms with Crippen LogP contribution in [0.1, 0.15) is 12.0 Å². The van der Waals surface area contributed by atoms with Crippen molar-refractivity contribution in [2.45, 2.75) is 12.8 Å². The quantitative estimate of drug-likeness (QED) is 0.407. The molecule has 0 amide bonds. The number of nitrogens with zero attached hydrogens (tertiary/aromatic N) is 4. The Bertz CT molecular complexity index is 1390. The summed E-state index contributed by atoms with van der Waals surface area (Å²) in [5.74, 6) is -0.140. The highest BCUT2D eigenvalue weighted by molar-refractivity contribution is 5.98. The lowest BCUT2D eigenvalue weighted by Gasteiger charge is -2.38. The summed E-state index contributed by atoms with van der Waals surface area (Å²) in [5.41, 5.74) is 9.20. The number of imidazole rings is 1. The minimum Gasteiger partial charge on any atom is -0.397 e. The van der Waals surface area contributed by atoms with Gasteiger partial charge in [0.15, 0.2) is 0 Å². The van der Waals surface area contributed by atoms with Crippen LogP contribution in [0.2, 0.25) is 0 Å². The Labute approximate surface area is 197 Å².